The minimum atomic E-state index is -0.783. The van der Waals surface area contributed by atoms with Crippen molar-refractivity contribution in [1.82, 2.24) is 0 Å². The number of allylic oxidation sites excluding steroid dienone is 12. The van der Waals surface area contributed by atoms with Gasteiger partial charge in [-0.25, -0.2) is 0 Å². The zero-order chi connectivity index (χ0) is 50.0. The van der Waals surface area contributed by atoms with Crippen LogP contribution in [0.5, 0.6) is 0 Å². The number of rotatable bonds is 53. The van der Waals surface area contributed by atoms with Crippen molar-refractivity contribution in [2.24, 2.45) is 0 Å². The maximum absolute atomic E-state index is 12.8. The molecule has 0 saturated carbocycles. The fourth-order valence-electron chi connectivity index (χ4n) is 8.29. The van der Waals surface area contributed by atoms with Gasteiger partial charge in [0.15, 0.2) is 6.10 Å². The van der Waals surface area contributed by atoms with Gasteiger partial charge in [0.2, 0.25) is 0 Å². The Bertz CT molecular complexity index is 1290. The van der Waals surface area contributed by atoms with Crippen molar-refractivity contribution >= 4 is 17.9 Å². The average Bonchev–Trinajstić information content (AvgIpc) is 3.35. The summed E-state index contributed by atoms with van der Waals surface area (Å²) >= 11 is 0. The molecule has 0 aromatic heterocycles. The zero-order valence-corrected chi connectivity index (χ0v) is 45.6. The van der Waals surface area contributed by atoms with Gasteiger partial charge >= 0.3 is 17.9 Å². The van der Waals surface area contributed by atoms with Crippen molar-refractivity contribution in [3.63, 3.8) is 0 Å². The van der Waals surface area contributed by atoms with Crippen LogP contribution in [0.1, 0.15) is 290 Å². The Morgan fingerprint density at radius 1 is 0.304 bits per heavy atom. The molecule has 1 unspecified atom stereocenters. The van der Waals surface area contributed by atoms with Gasteiger partial charge in [-0.15, -0.1) is 0 Å². The Kier molecular flexibility index (Phi) is 54.8. The highest BCUT2D eigenvalue weighted by molar-refractivity contribution is 5.71. The van der Waals surface area contributed by atoms with Gasteiger partial charge in [0.1, 0.15) is 13.2 Å². The third kappa shape index (κ3) is 55.6. The highest BCUT2D eigenvalue weighted by Gasteiger charge is 2.19. The van der Waals surface area contributed by atoms with Gasteiger partial charge in [-0.3, -0.25) is 14.4 Å². The highest BCUT2D eigenvalue weighted by Crippen LogP contribution is 2.15. The molecule has 1 atom stereocenters. The summed E-state index contributed by atoms with van der Waals surface area (Å²) in [5, 5.41) is 0. The molecule has 0 fully saturated rings. The number of hydrogen-bond donors (Lipinski definition) is 0. The van der Waals surface area contributed by atoms with Gasteiger partial charge < -0.3 is 14.2 Å². The molecule has 0 bridgehead atoms. The van der Waals surface area contributed by atoms with Crippen molar-refractivity contribution in [3.8, 4) is 0 Å². The van der Waals surface area contributed by atoms with E-state index in [1.165, 1.54) is 141 Å². The van der Waals surface area contributed by atoms with E-state index in [0.717, 1.165) is 109 Å². The second-order valence-electron chi connectivity index (χ2n) is 19.5. The number of carbonyl (C=O) groups is 3. The summed E-state index contributed by atoms with van der Waals surface area (Å²) in [5.41, 5.74) is 0. The predicted octanol–water partition coefficient (Wildman–Crippen LogP) is 19.8. The van der Waals surface area contributed by atoms with Gasteiger partial charge in [-0.2, -0.15) is 0 Å². The molecule has 0 aromatic carbocycles. The Balaban J connectivity index is 4.35. The summed E-state index contributed by atoms with van der Waals surface area (Å²) < 4.78 is 16.9. The molecule has 0 N–H and O–H groups in total. The number of esters is 3. The van der Waals surface area contributed by atoms with Crippen molar-refractivity contribution in [2.75, 3.05) is 13.2 Å². The smallest absolute Gasteiger partial charge is 0.306 e. The van der Waals surface area contributed by atoms with Crippen LogP contribution in [0, 0.1) is 0 Å². The topological polar surface area (TPSA) is 78.9 Å². The van der Waals surface area contributed by atoms with Crippen LogP contribution in [-0.4, -0.2) is 37.2 Å². The normalized spacial score (nSPS) is 12.6. The van der Waals surface area contributed by atoms with E-state index in [4.69, 9.17) is 14.2 Å². The molecule has 6 heteroatoms. The lowest BCUT2D eigenvalue weighted by Crippen LogP contribution is -2.30. The average molecular weight is 964 g/mol. The van der Waals surface area contributed by atoms with Gasteiger partial charge in [0, 0.05) is 19.3 Å². The zero-order valence-electron chi connectivity index (χ0n) is 45.6. The summed E-state index contributed by atoms with van der Waals surface area (Å²) in [7, 11) is 0. The van der Waals surface area contributed by atoms with Crippen LogP contribution < -0.4 is 0 Å². The molecular weight excluding hydrogens is 853 g/mol. The van der Waals surface area contributed by atoms with Gasteiger partial charge in [-0.05, 0) is 89.9 Å². The summed E-state index contributed by atoms with van der Waals surface area (Å²) in [6.45, 7) is 6.53. The highest BCUT2D eigenvalue weighted by atomic mass is 16.6. The van der Waals surface area contributed by atoms with E-state index < -0.39 is 6.10 Å². The lowest BCUT2D eigenvalue weighted by Gasteiger charge is -2.18. The minimum absolute atomic E-state index is 0.0797. The summed E-state index contributed by atoms with van der Waals surface area (Å²) in [5.74, 6) is -0.890. The van der Waals surface area contributed by atoms with Crippen LogP contribution in [0.3, 0.4) is 0 Å². The van der Waals surface area contributed by atoms with E-state index in [9.17, 15) is 14.4 Å². The summed E-state index contributed by atoms with van der Waals surface area (Å²) in [6.07, 6.45) is 73.2. The van der Waals surface area contributed by atoms with Crippen molar-refractivity contribution in [2.45, 2.75) is 297 Å². The fraction of sp³-hybridized carbons (Fsp3) is 0.762. The van der Waals surface area contributed by atoms with E-state index in [1.54, 1.807) is 0 Å². The fourth-order valence-corrected chi connectivity index (χ4v) is 8.29. The molecule has 0 saturated heterocycles. The molecule has 0 amide bonds. The molecule has 0 aliphatic carbocycles. The third-order valence-electron chi connectivity index (χ3n) is 12.7. The molecule has 69 heavy (non-hydrogen) atoms. The number of hydrogen-bond acceptors (Lipinski definition) is 6. The second kappa shape index (κ2) is 57.4. The SMILES string of the molecule is CC/C=C\C/C=C\C/C=C\C/C=C\C/C=C\CCCCCCCCCC(=O)OCC(COC(=O)CCCCCCCCCCCCCC)OC(=O)CCCCCCC/C=C\CCCCCCCCC. The van der Waals surface area contributed by atoms with Crippen LogP contribution in [0.15, 0.2) is 72.9 Å². The van der Waals surface area contributed by atoms with Crippen molar-refractivity contribution in [1.29, 1.82) is 0 Å². The van der Waals surface area contributed by atoms with Gasteiger partial charge in [0.05, 0.1) is 0 Å². The van der Waals surface area contributed by atoms with Crippen molar-refractivity contribution < 1.29 is 28.6 Å². The van der Waals surface area contributed by atoms with Crippen LogP contribution in [0.2, 0.25) is 0 Å². The number of unbranched alkanes of at least 4 members (excludes halogenated alkanes) is 30. The molecule has 0 aliphatic rings. The lowest BCUT2D eigenvalue weighted by molar-refractivity contribution is -0.167. The molecule has 0 radical (unpaired) electrons. The Morgan fingerprint density at radius 3 is 0.899 bits per heavy atom. The standard InChI is InChI=1S/C63H110O6/c1-4-7-10-13-16-19-22-25-27-29-30-31-32-33-34-35-37-38-41-44-47-50-53-56-62(65)68-59-60(58-67-61(64)55-52-49-46-43-40-24-21-18-15-12-9-6-3)69-63(66)57-54-51-48-45-42-39-36-28-26-23-20-17-14-11-8-5-2/h7,10,16,19,25,27-28,30-31,33-34,36,60H,4-6,8-9,11-15,17-18,20-24,26,29,32,35,37-59H2,1-3H3/b10-7-,19-16-,27-25-,31-30-,34-33-,36-28-. The maximum atomic E-state index is 12.8. The lowest BCUT2D eigenvalue weighted by atomic mass is 10.0. The predicted molar refractivity (Wildman–Crippen MR) is 298 cm³/mol. The van der Waals surface area contributed by atoms with Crippen LogP contribution in [-0.2, 0) is 28.6 Å². The molecule has 0 spiro atoms. The van der Waals surface area contributed by atoms with E-state index in [-0.39, 0.29) is 31.1 Å². The van der Waals surface area contributed by atoms with E-state index in [1.807, 2.05) is 0 Å². The molecule has 0 heterocycles. The van der Waals surface area contributed by atoms with Gasteiger partial charge in [0.25, 0.3) is 0 Å². The third-order valence-corrected chi connectivity index (χ3v) is 12.7. The number of ether oxygens (including phenoxy) is 3. The largest absolute Gasteiger partial charge is 0.462 e. The van der Waals surface area contributed by atoms with Gasteiger partial charge in [-0.1, -0.05) is 254 Å². The number of carbonyl (C=O) groups excluding carboxylic acids is 3. The molecule has 0 rings (SSSR count). The van der Waals surface area contributed by atoms with Crippen LogP contribution in [0.4, 0.5) is 0 Å². The quantitative estimate of drug-likeness (QED) is 0.0262. The Hall–Kier alpha value is -3.15. The first-order valence-corrected chi connectivity index (χ1v) is 29.4. The maximum Gasteiger partial charge on any atom is 0.306 e. The minimum Gasteiger partial charge on any atom is -0.462 e. The van der Waals surface area contributed by atoms with E-state index >= 15 is 0 Å². The Labute approximate surface area is 427 Å². The van der Waals surface area contributed by atoms with Crippen LogP contribution >= 0.6 is 0 Å². The first-order chi connectivity index (χ1) is 34.0. The monoisotopic (exact) mass is 963 g/mol. The second-order valence-corrected chi connectivity index (χ2v) is 19.5. The molecule has 6 nitrogen and oxygen atoms in total. The molecular formula is C63H110O6. The van der Waals surface area contributed by atoms with E-state index in [2.05, 4.69) is 93.7 Å². The Morgan fingerprint density at radius 2 is 0.565 bits per heavy atom. The first-order valence-electron chi connectivity index (χ1n) is 29.4. The van der Waals surface area contributed by atoms with Crippen molar-refractivity contribution in [3.05, 3.63) is 72.9 Å². The molecule has 0 aromatic rings. The molecule has 398 valence electrons. The first kappa shape index (κ1) is 65.8. The van der Waals surface area contributed by atoms with Crippen LogP contribution in [0.25, 0.3) is 0 Å². The summed E-state index contributed by atoms with van der Waals surface area (Å²) in [6, 6.07) is 0. The summed E-state index contributed by atoms with van der Waals surface area (Å²) in [4.78, 5) is 38.2. The van der Waals surface area contributed by atoms with E-state index in [0.29, 0.717) is 19.3 Å². The molecule has 0 aliphatic heterocycles.